The highest BCUT2D eigenvalue weighted by Gasteiger charge is 2.18. The van der Waals surface area contributed by atoms with Crippen molar-refractivity contribution in [2.75, 3.05) is 11.5 Å². The normalized spacial score (nSPS) is 11.1. The van der Waals surface area contributed by atoms with E-state index < -0.39 is 0 Å². The summed E-state index contributed by atoms with van der Waals surface area (Å²) in [6.07, 6.45) is 10.4. The fourth-order valence-electron chi connectivity index (χ4n) is 3.44. The first kappa shape index (κ1) is 18.4. The molecule has 0 saturated carbocycles. The molecule has 2 heteroatoms. The van der Waals surface area contributed by atoms with E-state index in [2.05, 4.69) is 31.2 Å². The number of unbranched alkanes of at least 4 members (excludes halogenated alkanes) is 6. The Balaban J connectivity index is 2.02. The number of benzene rings is 2. The molecule has 2 nitrogen and oxygen atoms in total. The number of rotatable bonds is 10. The molecule has 24 heavy (non-hydrogen) atoms. The van der Waals surface area contributed by atoms with Crippen molar-refractivity contribution in [2.45, 2.75) is 64.2 Å². The van der Waals surface area contributed by atoms with Crippen molar-refractivity contribution in [3.8, 4) is 0 Å². The van der Waals surface area contributed by atoms with Crippen molar-refractivity contribution < 1.29 is 0 Å². The highest BCUT2D eigenvalue weighted by molar-refractivity contribution is 5.57. The van der Waals surface area contributed by atoms with Crippen molar-refractivity contribution in [2.24, 2.45) is 0 Å². The van der Waals surface area contributed by atoms with Gasteiger partial charge in [0.15, 0.2) is 0 Å². The summed E-state index contributed by atoms with van der Waals surface area (Å²) in [5.74, 6) is 0.294. The Labute approximate surface area is 147 Å². The molecule has 0 radical (unpaired) electrons. The van der Waals surface area contributed by atoms with E-state index in [1.165, 1.54) is 56.1 Å². The number of anilines is 2. The van der Waals surface area contributed by atoms with E-state index in [1.54, 1.807) is 0 Å². The Morgan fingerprint density at radius 3 is 1.62 bits per heavy atom. The van der Waals surface area contributed by atoms with Crippen LogP contribution in [0.2, 0.25) is 0 Å². The van der Waals surface area contributed by atoms with Crippen LogP contribution in [-0.4, -0.2) is 0 Å². The van der Waals surface area contributed by atoms with Crippen molar-refractivity contribution in [3.05, 3.63) is 59.7 Å². The summed E-state index contributed by atoms with van der Waals surface area (Å²) in [5.41, 5.74) is 16.7. The Kier molecular flexibility index (Phi) is 7.67. The molecule has 0 aliphatic carbocycles. The first-order valence-corrected chi connectivity index (χ1v) is 9.42. The van der Waals surface area contributed by atoms with Crippen molar-refractivity contribution in [1.82, 2.24) is 0 Å². The largest absolute Gasteiger partial charge is 0.398 e. The fraction of sp³-hybridized carbons (Fsp3) is 0.455. The van der Waals surface area contributed by atoms with Crippen LogP contribution in [0.1, 0.15) is 75.3 Å². The highest BCUT2D eigenvalue weighted by atomic mass is 14.6. The van der Waals surface area contributed by atoms with Crippen molar-refractivity contribution in [3.63, 3.8) is 0 Å². The van der Waals surface area contributed by atoms with E-state index >= 15 is 0 Å². The third-order valence-corrected chi connectivity index (χ3v) is 4.84. The molecule has 0 aliphatic rings. The minimum Gasteiger partial charge on any atom is -0.398 e. The van der Waals surface area contributed by atoms with Gasteiger partial charge in [-0.25, -0.2) is 0 Å². The first-order valence-electron chi connectivity index (χ1n) is 9.42. The third-order valence-electron chi connectivity index (χ3n) is 4.84. The molecule has 0 unspecified atom stereocenters. The molecule has 0 aliphatic heterocycles. The maximum Gasteiger partial charge on any atom is 0.0352 e. The number of hydrogen-bond acceptors (Lipinski definition) is 2. The van der Waals surface area contributed by atoms with Gasteiger partial charge in [-0.1, -0.05) is 88.3 Å². The van der Waals surface area contributed by atoms with E-state index in [9.17, 15) is 0 Å². The maximum atomic E-state index is 6.25. The molecular weight excluding hydrogens is 292 g/mol. The molecule has 0 amide bonds. The summed E-state index contributed by atoms with van der Waals surface area (Å²) < 4.78 is 0. The average molecular weight is 325 g/mol. The second-order valence-corrected chi connectivity index (χ2v) is 6.72. The third kappa shape index (κ3) is 5.30. The lowest BCUT2D eigenvalue weighted by atomic mass is 9.85. The number of nitrogen functional groups attached to an aromatic ring is 2. The van der Waals surface area contributed by atoms with E-state index in [0.29, 0.717) is 5.92 Å². The van der Waals surface area contributed by atoms with Crippen LogP contribution in [0.4, 0.5) is 11.4 Å². The van der Waals surface area contributed by atoms with E-state index in [4.69, 9.17) is 11.5 Å². The fourth-order valence-corrected chi connectivity index (χ4v) is 3.44. The van der Waals surface area contributed by atoms with Gasteiger partial charge in [0.2, 0.25) is 0 Å². The first-order chi connectivity index (χ1) is 11.7. The van der Waals surface area contributed by atoms with Gasteiger partial charge in [-0.2, -0.15) is 0 Å². The zero-order valence-corrected chi connectivity index (χ0v) is 15.0. The molecule has 2 aromatic carbocycles. The van der Waals surface area contributed by atoms with Gasteiger partial charge in [0.25, 0.3) is 0 Å². The monoisotopic (exact) mass is 324 g/mol. The minimum atomic E-state index is 0.294. The topological polar surface area (TPSA) is 52.0 Å². The molecule has 0 saturated heterocycles. The van der Waals surface area contributed by atoms with Crippen molar-refractivity contribution in [1.29, 1.82) is 0 Å². The molecule has 0 fully saturated rings. The summed E-state index contributed by atoms with van der Waals surface area (Å²) in [6, 6.07) is 16.4. The van der Waals surface area contributed by atoms with E-state index in [-0.39, 0.29) is 0 Å². The molecule has 0 atom stereocenters. The number of nitrogens with two attached hydrogens (primary N) is 2. The molecule has 0 spiro atoms. The van der Waals surface area contributed by atoms with Crippen LogP contribution >= 0.6 is 0 Å². The highest BCUT2D eigenvalue weighted by Crippen LogP contribution is 2.36. The Morgan fingerprint density at radius 2 is 1.12 bits per heavy atom. The molecule has 2 aromatic rings. The summed E-state index contributed by atoms with van der Waals surface area (Å²) >= 11 is 0. The number of hydrogen-bond donors (Lipinski definition) is 2. The second-order valence-electron chi connectivity index (χ2n) is 6.72. The molecule has 0 aromatic heterocycles. The van der Waals surface area contributed by atoms with Crippen LogP contribution in [0.25, 0.3) is 0 Å². The van der Waals surface area contributed by atoms with Gasteiger partial charge in [0, 0.05) is 17.3 Å². The molecular formula is C22H32N2. The van der Waals surface area contributed by atoms with Gasteiger partial charge < -0.3 is 11.5 Å². The van der Waals surface area contributed by atoms with Gasteiger partial charge in [-0.05, 0) is 29.7 Å². The van der Waals surface area contributed by atoms with Crippen LogP contribution in [0.5, 0.6) is 0 Å². The van der Waals surface area contributed by atoms with Crippen LogP contribution in [0.15, 0.2) is 48.5 Å². The average Bonchev–Trinajstić information content (AvgIpc) is 2.59. The SMILES string of the molecule is CCCCCCCCCC(c1ccccc1N)c1ccccc1N. The van der Waals surface area contributed by atoms with Crippen LogP contribution in [0.3, 0.4) is 0 Å². The summed E-state index contributed by atoms with van der Waals surface area (Å²) in [7, 11) is 0. The standard InChI is InChI=1S/C22H32N2/c1-2-3-4-5-6-7-8-13-18(19-14-9-11-16-21(19)23)20-15-10-12-17-22(20)24/h9-12,14-18H,2-8,13,23-24H2,1H3. The molecule has 130 valence electrons. The van der Waals surface area contributed by atoms with E-state index in [0.717, 1.165) is 17.8 Å². The Bertz CT molecular complexity index is 561. The quantitative estimate of drug-likeness (QED) is 0.408. The minimum absolute atomic E-state index is 0.294. The molecule has 0 bridgehead atoms. The zero-order valence-electron chi connectivity index (χ0n) is 15.0. The number of para-hydroxylation sites is 2. The van der Waals surface area contributed by atoms with Crippen LogP contribution < -0.4 is 11.5 Å². The molecule has 2 rings (SSSR count). The van der Waals surface area contributed by atoms with Gasteiger partial charge >= 0.3 is 0 Å². The van der Waals surface area contributed by atoms with Gasteiger partial charge in [-0.3, -0.25) is 0 Å². The lowest BCUT2D eigenvalue weighted by molar-refractivity contribution is 0.559. The van der Waals surface area contributed by atoms with Gasteiger partial charge in [-0.15, -0.1) is 0 Å². The van der Waals surface area contributed by atoms with Crippen molar-refractivity contribution >= 4 is 11.4 Å². The van der Waals surface area contributed by atoms with E-state index in [1.807, 2.05) is 24.3 Å². The smallest absolute Gasteiger partial charge is 0.0352 e. The summed E-state index contributed by atoms with van der Waals surface area (Å²) in [5, 5.41) is 0. The lowest BCUT2D eigenvalue weighted by Crippen LogP contribution is -2.07. The Hall–Kier alpha value is -1.96. The zero-order chi connectivity index (χ0) is 17.2. The predicted molar refractivity (Wildman–Crippen MR) is 106 cm³/mol. The Morgan fingerprint density at radius 1 is 0.667 bits per heavy atom. The van der Waals surface area contributed by atoms with Gasteiger partial charge in [0.1, 0.15) is 0 Å². The van der Waals surface area contributed by atoms with Gasteiger partial charge in [0.05, 0.1) is 0 Å². The second kappa shape index (κ2) is 10.0. The van der Waals surface area contributed by atoms with Crippen LogP contribution in [-0.2, 0) is 0 Å². The maximum absolute atomic E-state index is 6.25. The molecule has 4 N–H and O–H groups in total. The van der Waals surface area contributed by atoms with Crippen LogP contribution in [0, 0.1) is 0 Å². The summed E-state index contributed by atoms with van der Waals surface area (Å²) in [6.45, 7) is 2.26. The summed E-state index contributed by atoms with van der Waals surface area (Å²) in [4.78, 5) is 0. The predicted octanol–water partition coefficient (Wildman–Crippen LogP) is 6.12. The molecule has 0 heterocycles. The lowest BCUT2D eigenvalue weighted by Gasteiger charge is -2.21.